The van der Waals surface area contributed by atoms with Crippen molar-refractivity contribution in [3.63, 3.8) is 0 Å². The zero-order valence-corrected chi connectivity index (χ0v) is 9.29. The van der Waals surface area contributed by atoms with Gasteiger partial charge in [-0.1, -0.05) is 0 Å². The first kappa shape index (κ1) is 12.0. The summed E-state index contributed by atoms with van der Waals surface area (Å²) in [7, 11) is 0. The minimum absolute atomic E-state index is 0.303. The van der Waals surface area contributed by atoms with Crippen molar-refractivity contribution in [2.24, 2.45) is 5.92 Å². The van der Waals surface area contributed by atoms with Crippen LogP contribution in [0.25, 0.3) is 0 Å². The molecule has 1 unspecified atom stereocenters. The molecule has 1 aliphatic rings. The summed E-state index contributed by atoms with van der Waals surface area (Å²) in [6.45, 7) is 2.04. The first-order chi connectivity index (χ1) is 7.94. The van der Waals surface area contributed by atoms with Crippen molar-refractivity contribution in [3.8, 4) is 5.75 Å². The third-order valence-corrected chi connectivity index (χ3v) is 2.67. The molecule has 0 bridgehead atoms. The second-order valence-corrected chi connectivity index (χ2v) is 4.20. The fraction of sp³-hybridized carbons (Fsp3) is 0.545. The molecular weight excluding hydrogens is 233 g/mol. The quantitative estimate of drug-likeness (QED) is 0.885. The summed E-state index contributed by atoms with van der Waals surface area (Å²) in [6.07, 6.45) is -1.21. The number of rotatable bonds is 4. The lowest BCUT2D eigenvalue weighted by Crippen LogP contribution is -2.19. The van der Waals surface area contributed by atoms with Gasteiger partial charge in [0.2, 0.25) is 0 Å². The normalized spacial score (nSPS) is 17.6. The molecule has 6 heteroatoms. The molecule has 0 amide bonds. The van der Waals surface area contributed by atoms with E-state index in [1.165, 1.54) is 25.0 Å². The molecule has 0 spiro atoms. The van der Waals surface area contributed by atoms with Crippen LogP contribution in [0, 0.1) is 5.92 Å². The van der Waals surface area contributed by atoms with Gasteiger partial charge in [0, 0.05) is 6.04 Å². The molecule has 1 heterocycles. The van der Waals surface area contributed by atoms with Crippen LogP contribution >= 0.6 is 0 Å². The fourth-order valence-corrected chi connectivity index (χ4v) is 1.61. The van der Waals surface area contributed by atoms with Crippen molar-refractivity contribution in [1.29, 1.82) is 0 Å². The minimum Gasteiger partial charge on any atom is -0.404 e. The van der Waals surface area contributed by atoms with Gasteiger partial charge in [0.15, 0.2) is 0 Å². The van der Waals surface area contributed by atoms with Gasteiger partial charge in [0.25, 0.3) is 0 Å². The van der Waals surface area contributed by atoms with Crippen LogP contribution in [-0.4, -0.2) is 17.4 Å². The summed E-state index contributed by atoms with van der Waals surface area (Å²) in [4.78, 5) is 3.88. The predicted octanol–water partition coefficient (Wildman–Crippen LogP) is 3.19. The molecule has 1 fully saturated rings. The van der Waals surface area contributed by atoms with E-state index < -0.39 is 6.36 Å². The number of nitrogens with one attached hydrogen (secondary N) is 1. The van der Waals surface area contributed by atoms with Gasteiger partial charge in [-0.15, -0.1) is 13.2 Å². The number of nitrogens with zero attached hydrogens (tertiary/aromatic N) is 1. The second-order valence-electron chi connectivity index (χ2n) is 4.20. The molecule has 1 N–H and O–H groups in total. The molecule has 94 valence electrons. The standard InChI is InChI=1S/C11H13F3N2O/c1-7(8-2-3-8)16-10-5-4-9(6-15-10)17-11(12,13)14/h4-8H,2-3H2,1H3,(H,15,16). The Morgan fingerprint density at radius 1 is 1.41 bits per heavy atom. The lowest BCUT2D eigenvalue weighted by Gasteiger charge is -2.14. The Balaban J connectivity index is 1.92. The Bertz CT molecular complexity index is 373. The molecule has 2 rings (SSSR count). The lowest BCUT2D eigenvalue weighted by molar-refractivity contribution is -0.274. The van der Waals surface area contributed by atoms with E-state index in [1.807, 2.05) is 6.92 Å². The highest BCUT2D eigenvalue weighted by atomic mass is 19.4. The number of alkyl halides is 3. The highest BCUT2D eigenvalue weighted by Gasteiger charge is 2.31. The van der Waals surface area contributed by atoms with Crippen LogP contribution in [0.2, 0.25) is 0 Å². The predicted molar refractivity (Wildman–Crippen MR) is 56.7 cm³/mol. The Labute approximate surface area is 97.0 Å². The lowest BCUT2D eigenvalue weighted by atomic mass is 10.2. The van der Waals surface area contributed by atoms with Crippen LogP contribution in [0.3, 0.4) is 0 Å². The van der Waals surface area contributed by atoms with Gasteiger partial charge in [-0.25, -0.2) is 4.98 Å². The molecule has 0 radical (unpaired) electrons. The highest BCUT2D eigenvalue weighted by molar-refractivity contribution is 5.38. The highest BCUT2D eigenvalue weighted by Crippen LogP contribution is 2.33. The third-order valence-electron chi connectivity index (χ3n) is 2.67. The van der Waals surface area contributed by atoms with Crippen molar-refractivity contribution >= 4 is 5.82 Å². The Hall–Kier alpha value is -1.46. The van der Waals surface area contributed by atoms with E-state index in [0.717, 1.165) is 6.20 Å². The van der Waals surface area contributed by atoms with Gasteiger partial charge in [-0.3, -0.25) is 0 Å². The van der Waals surface area contributed by atoms with Crippen molar-refractivity contribution in [1.82, 2.24) is 4.98 Å². The summed E-state index contributed by atoms with van der Waals surface area (Å²) in [5, 5.41) is 3.15. The average molecular weight is 246 g/mol. The van der Waals surface area contributed by atoms with E-state index in [4.69, 9.17) is 0 Å². The van der Waals surface area contributed by atoms with E-state index in [1.54, 1.807) is 0 Å². The molecule has 1 atom stereocenters. The molecule has 1 aromatic rings. The van der Waals surface area contributed by atoms with E-state index >= 15 is 0 Å². The molecular formula is C11H13F3N2O. The van der Waals surface area contributed by atoms with Crippen LogP contribution in [0.5, 0.6) is 5.75 Å². The van der Waals surface area contributed by atoms with Gasteiger partial charge >= 0.3 is 6.36 Å². The van der Waals surface area contributed by atoms with Crippen LogP contribution in [0.15, 0.2) is 18.3 Å². The average Bonchev–Trinajstić information content (AvgIpc) is 3.02. The van der Waals surface area contributed by atoms with Crippen molar-refractivity contribution < 1.29 is 17.9 Å². The summed E-state index contributed by atoms with van der Waals surface area (Å²) in [5.74, 6) is 0.920. The van der Waals surface area contributed by atoms with Gasteiger partial charge in [-0.05, 0) is 37.8 Å². The third kappa shape index (κ3) is 3.80. The molecule has 1 saturated carbocycles. The number of halogens is 3. The number of aromatic nitrogens is 1. The number of anilines is 1. The molecule has 3 nitrogen and oxygen atoms in total. The molecule has 1 aromatic heterocycles. The van der Waals surface area contributed by atoms with Crippen molar-refractivity contribution in [2.75, 3.05) is 5.32 Å². The van der Waals surface area contributed by atoms with Crippen molar-refractivity contribution in [3.05, 3.63) is 18.3 Å². The smallest absolute Gasteiger partial charge is 0.404 e. The maximum absolute atomic E-state index is 11.9. The van der Waals surface area contributed by atoms with Gasteiger partial charge in [-0.2, -0.15) is 0 Å². The van der Waals surface area contributed by atoms with Gasteiger partial charge in [0.1, 0.15) is 11.6 Å². The molecule has 1 aliphatic carbocycles. The summed E-state index contributed by atoms with van der Waals surface area (Å²) in [6, 6.07) is 3.04. The number of ether oxygens (including phenoxy) is 1. The van der Waals surface area contributed by atoms with E-state index in [9.17, 15) is 13.2 Å². The Morgan fingerprint density at radius 2 is 2.12 bits per heavy atom. The summed E-state index contributed by atoms with van der Waals surface area (Å²) >= 11 is 0. The summed E-state index contributed by atoms with van der Waals surface area (Å²) < 4.78 is 39.4. The van der Waals surface area contributed by atoms with Crippen LogP contribution in [-0.2, 0) is 0 Å². The number of pyridine rings is 1. The number of hydrogen-bond donors (Lipinski definition) is 1. The second kappa shape index (κ2) is 4.43. The van der Waals surface area contributed by atoms with E-state index in [0.29, 0.717) is 17.8 Å². The monoisotopic (exact) mass is 246 g/mol. The minimum atomic E-state index is -4.67. The molecule has 0 aliphatic heterocycles. The van der Waals surface area contributed by atoms with Crippen LogP contribution < -0.4 is 10.1 Å². The van der Waals surface area contributed by atoms with Crippen LogP contribution in [0.1, 0.15) is 19.8 Å². The molecule has 17 heavy (non-hydrogen) atoms. The molecule has 0 aromatic carbocycles. The maximum atomic E-state index is 11.9. The van der Waals surface area contributed by atoms with E-state index in [2.05, 4.69) is 15.0 Å². The zero-order valence-electron chi connectivity index (χ0n) is 9.29. The van der Waals surface area contributed by atoms with E-state index in [-0.39, 0.29) is 5.75 Å². The van der Waals surface area contributed by atoms with Crippen molar-refractivity contribution in [2.45, 2.75) is 32.2 Å². The molecule has 0 saturated heterocycles. The first-order valence-corrected chi connectivity index (χ1v) is 5.42. The summed E-state index contributed by atoms with van der Waals surface area (Å²) in [5.41, 5.74) is 0. The van der Waals surface area contributed by atoms with Crippen LogP contribution in [0.4, 0.5) is 19.0 Å². The SMILES string of the molecule is CC(Nc1ccc(OC(F)(F)F)cn1)C1CC1. The Morgan fingerprint density at radius 3 is 2.59 bits per heavy atom. The first-order valence-electron chi connectivity index (χ1n) is 5.42. The zero-order chi connectivity index (χ0) is 12.5. The Kier molecular flexibility index (Phi) is 3.13. The van der Waals surface area contributed by atoms with Gasteiger partial charge in [0.05, 0.1) is 6.20 Å². The maximum Gasteiger partial charge on any atom is 0.573 e. The number of hydrogen-bond acceptors (Lipinski definition) is 3. The fourth-order valence-electron chi connectivity index (χ4n) is 1.61. The van der Waals surface area contributed by atoms with Gasteiger partial charge < -0.3 is 10.1 Å². The topological polar surface area (TPSA) is 34.1 Å². The largest absolute Gasteiger partial charge is 0.573 e.